The van der Waals surface area contributed by atoms with E-state index < -0.39 is 11.0 Å². The second-order valence-electron chi connectivity index (χ2n) is 3.37. The van der Waals surface area contributed by atoms with Crippen LogP contribution in [-0.4, -0.2) is 22.7 Å². The number of hydrogen-bond donors (Lipinski definition) is 1. The van der Waals surface area contributed by atoms with Crippen molar-refractivity contribution in [1.29, 1.82) is 0 Å². The molecule has 1 atom stereocenters. The van der Waals surface area contributed by atoms with Gasteiger partial charge in [0.15, 0.2) is 0 Å². The van der Waals surface area contributed by atoms with Crippen LogP contribution >= 0.6 is 0 Å². The Morgan fingerprint density at radius 1 is 1.60 bits per heavy atom. The standard InChI is InChI=1S/C10H13NO4/c1-7-5-9(15-6-8(2)12)3-4-10(7)11(13)14/h3-5,8,12H,6H2,1-2H3/t8-/m0/s1. The predicted octanol–water partition coefficient (Wildman–Crippen LogP) is 1.66. The van der Waals surface area contributed by atoms with Crippen LogP contribution in [0.15, 0.2) is 18.2 Å². The first-order valence-electron chi connectivity index (χ1n) is 4.56. The first-order chi connectivity index (χ1) is 7.00. The molecule has 1 aromatic carbocycles. The molecular formula is C10H13NO4. The maximum absolute atomic E-state index is 10.5. The molecular weight excluding hydrogens is 198 g/mol. The van der Waals surface area contributed by atoms with Crippen molar-refractivity contribution in [3.8, 4) is 5.75 Å². The summed E-state index contributed by atoms with van der Waals surface area (Å²) in [5.41, 5.74) is 0.613. The molecule has 1 N–H and O–H groups in total. The summed E-state index contributed by atoms with van der Waals surface area (Å²) in [6.07, 6.45) is -0.555. The van der Waals surface area contributed by atoms with E-state index in [2.05, 4.69) is 0 Å². The lowest BCUT2D eigenvalue weighted by atomic mass is 10.2. The highest BCUT2D eigenvalue weighted by Gasteiger charge is 2.10. The van der Waals surface area contributed by atoms with Gasteiger partial charge in [-0.05, 0) is 26.0 Å². The second kappa shape index (κ2) is 4.75. The average Bonchev–Trinajstić information content (AvgIpc) is 2.14. The molecule has 0 bridgehead atoms. The number of ether oxygens (including phenoxy) is 1. The van der Waals surface area contributed by atoms with Gasteiger partial charge >= 0.3 is 0 Å². The fourth-order valence-electron chi connectivity index (χ4n) is 1.14. The molecule has 5 heteroatoms. The lowest BCUT2D eigenvalue weighted by Crippen LogP contribution is -2.12. The van der Waals surface area contributed by atoms with Crippen LogP contribution < -0.4 is 4.74 Å². The van der Waals surface area contributed by atoms with Gasteiger partial charge in [-0.25, -0.2) is 0 Å². The zero-order chi connectivity index (χ0) is 11.4. The molecule has 0 unspecified atom stereocenters. The highest BCUT2D eigenvalue weighted by Crippen LogP contribution is 2.22. The topological polar surface area (TPSA) is 72.6 Å². The lowest BCUT2D eigenvalue weighted by Gasteiger charge is -2.08. The number of benzene rings is 1. The van der Waals surface area contributed by atoms with Crippen molar-refractivity contribution < 1.29 is 14.8 Å². The van der Waals surface area contributed by atoms with E-state index in [0.717, 1.165) is 0 Å². The molecule has 0 aliphatic heterocycles. The second-order valence-corrected chi connectivity index (χ2v) is 3.37. The molecule has 0 aliphatic carbocycles. The van der Waals surface area contributed by atoms with Gasteiger partial charge in [-0.3, -0.25) is 10.1 Å². The molecule has 0 aromatic heterocycles. The SMILES string of the molecule is Cc1cc(OC[C@H](C)O)ccc1[N+](=O)[O-]. The lowest BCUT2D eigenvalue weighted by molar-refractivity contribution is -0.385. The predicted molar refractivity (Wildman–Crippen MR) is 55.0 cm³/mol. The fraction of sp³-hybridized carbons (Fsp3) is 0.400. The minimum atomic E-state index is -0.555. The molecule has 0 saturated carbocycles. The van der Waals surface area contributed by atoms with Crippen molar-refractivity contribution >= 4 is 5.69 Å². The van der Waals surface area contributed by atoms with Gasteiger partial charge in [0.2, 0.25) is 0 Å². The Morgan fingerprint density at radius 3 is 2.73 bits per heavy atom. The summed E-state index contributed by atoms with van der Waals surface area (Å²) in [4.78, 5) is 10.1. The Labute approximate surface area is 87.5 Å². The minimum Gasteiger partial charge on any atom is -0.491 e. The molecule has 0 amide bonds. The number of aryl methyl sites for hydroxylation is 1. The molecule has 0 aliphatic rings. The highest BCUT2D eigenvalue weighted by atomic mass is 16.6. The van der Waals surface area contributed by atoms with E-state index >= 15 is 0 Å². The maximum Gasteiger partial charge on any atom is 0.272 e. The third-order valence-electron chi connectivity index (χ3n) is 1.86. The van der Waals surface area contributed by atoms with E-state index in [0.29, 0.717) is 11.3 Å². The zero-order valence-corrected chi connectivity index (χ0v) is 8.64. The molecule has 0 heterocycles. The van der Waals surface area contributed by atoms with Gasteiger partial charge in [-0.1, -0.05) is 0 Å². The van der Waals surface area contributed by atoms with Crippen LogP contribution in [0.5, 0.6) is 5.75 Å². The van der Waals surface area contributed by atoms with Crippen LogP contribution in [-0.2, 0) is 0 Å². The number of nitro groups is 1. The molecule has 15 heavy (non-hydrogen) atoms. The van der Waals surface area contributed by atoms with Crippen molar-refractivity contribution in [2.45, 2.75) is 20.0 Å². The third-order valence-corrected chi connectivity index (χ3v) is 1.86. The van der Waals surface area contributed by atoms with Gasteiger partial charge in [-0.15, -0.1) is 0 Å². The summed E-state index contributed by atoms with van der Waals surface area (Å²) in [6.45, 7) is 3.43. The quantitative estimate of drug-likeness (QED) is 0.607. The number of nitro benzene ring substituents is 1. The first kappa shape index (κ1) is 11.5. The summed E-state index contributed by atoms with van der Waals surface area (Å²) in [7, 11) is 0. The number of aliphatic hydroxyl groups is 1. The fourth-order valence-corrected chi connectivity index (χ4v) is 1.14. The molecule has 0 radical (unpaired) electrons. The van der Waals surface area contributed by atoms with E-state index in [1.165, 1.54) is 12.1 Å². The summed E-state index contributed by atoms with van der Waals surface area (Å²) >= 11 is 0. The summed E-state index contributed by atoms with van der Waals surface area (Å²) < 4.78 is 5.21. The van der Waals surface area contributed by atoms with Gasteiger partial charge in [0.25, 0.3) is 5.69 Å². The summed E-state index contributed by atoms with van der Waals surface area (Å²) in [5.74, 6) is 0.527. The summed E-state index contributed by atoms with van der Waals surface area (Å²) in [6, 6.07) is 4.50. The van der Waals surface area contributed by atoms with E-state index in [-0.39, 0.29) is 12.3 Å². The average molecular weight is 211 g/mol. The third kappa shape index (κ3) is 3.21. The largest absolute Gasteiger partial charge is 0.491 e. The van der Waals surface area contributed by atoms with Crippen molar-refractivity contribution in [2.24, 2.45) is 0 Å². The van der Waals surface area contributed by atoms with Crippen LogP contribution in [0.2, 0.25) is 0 Å². The van der Waals surface area contributed by atoms with E-state index in [1.807, 2.05) is 0 Å². The van der Waals surface area contributed by atoms with Gasteiger partial charge in [0, 0.05) is 11.6 Å². The number of nitrogens with zero attached hydrogens (tertiary/aromatic N) is 1. The Balaban J connectivity index is 2.78. The normalized spacial score (nSPS) is 12.2. The van der Waals surface area contributed by atoms with Crippen LogP contribution in [0.25, 0.3) is 0 Å². The molecule has 82 valence electrons. The van der Waals surface area contributed by atoms with E-state index in [9.17, 15) is 10.1 Å². The zero-order valence-electron chi connectivity index (χ0n) is 8.64. The van der Waals surface area contributed by atoms with Gasteiger partial charge < -0.3 is 9.84 Å². The number of aliphatic hydroxyl groups excluding tert-OH is 1. The Bertz CT molecular complexity index is 362. The molecule has 0 spiro atoms. The molecule has 5 nitrogen and oxygen atoms in total. The Kier molecular flexibility index (Phi) is 3.62. The summed E-state index contributed by atoms with van der Waals surface area (Å²) in [5, 5.41) is 19.5. The van der Waals surface area contributed by atoms with Crippen molar-refractivity contribution in [3.05, 3.63) is 33.9 Å². The van der Waals surface area contributed by atoms with Crippen LogP contribution in [0, 0.1) is 17.0 Å². The van der Waals surface area contributed by atoms with Gasteiger partial charge in [0.1, 0.15) is 12.4 Å². The smallest absolute Gasteiger partial charge is 0.272 e. The van der Waals surface area contributed by atoms with Crippen molar-refractivity contribution in [3.63, 3.8) is 0 Å². The highest BCUT2D eigenvalue weighted by molar-refractivity contribution is 5.44. The Morgan fingerprint density at radius 2 is 2.27 bits per heavy atom. The minimum absolute atomic E-state index is 0.0689. The van der Waals surface area contributed by atoms with Crippen LogP contribution in [0.1, 0.15) is 12.5 Å². The number of rotatable bonds is 4. The van der Waals surface area contributed by atoms with Crippen molar-refractivity contribution in [1.82, 2.24) is 0 Å². The molecule has 0 saturated heterocycles. The number of hydrogen-bond acceptors (Lipinski definition) is 4. The van der Waals surface area contributed by atoms with E-state index in [1.54, 1.807) is 19.9 Å². The van der Waals surface area contributed by atoms with Gasteiger partial charge in [-0.2, -0.15) is 0 Å². The maximum atomic E-state index is 10.5. The van der Waals surface area contributed by atoms with Crippen LogP contribution in [0.3, 0.4) is 0 Å². The van der Waals surface area contributed by atoms with Gasteiger partial charge in [0.05, 0.1) is 11.0 Å². The molecule has 1 aromatic rings. The first-order valence-corrected chi connectivity index (χ1v) is 4.56. The van der Waals surface area contributed by atoms with Crippen molar-refractivity contribution in [2.75, 3.05) is 6.61 Å². The Hall–Kier alpha value is -1.62. The van der Waals surface area contributed by atoms with E-state index in [4.69, 9.17) is 9.84 Å². The monoisotopic (exact) mass is 211 g/mol. The molecule has 0 fully saturated rings. The van der Waals surface area contributed by atoms with Crippen LogP contribution in [0.4, 0.5) is 5.69 Å². The molecule has 1 rings (SSSR count).